The summed E-state index contributed by atoms with van der Waals surface area (Å²) < 4.78 is 21.9. The fourth-order valence-electron chi connectivity index (χ4n) is 1.05. The number of primary amides is 1. The first kappa shape index (κ1) is 13.8. The van der Waals surface area contributed by atoms with Crippen molar-refractivity contribution in [3.05, 3.63) is 17.8 Å². The minimum Gasteiger partial charge on any atom is -0.397 e. The third kappa shape index (κ3) is 4.61. The van der Waals surface area contributed by atoms with E-state index in [4.69, 9.17) is 11.5 Å². The second kappa shape index (κ2) is 5.37. The Labute approximate surface area is 104 Å². The molecule has 8 heteroatoms. The Morgan fingerprint density at radius 3 is 2.71 bits per heavy atom. The van der Waals surface area contributed by atoms with E-state index in [9.17, 15) is 13.2 Å². The van der Waals surface area contributed by atoms with Gasteiger partial charge in [0.05, 0.1) is 23.2 Å². The van der Waals surface area contributed by atoms with Gasteiger partial charge in [-0.15, -0.1) is 11.8 Å². The number of thioether (sulfide) groups is 1. The molecule has 6 nitrogen and oxygen atoms in total. The number of sulfone groups is 1. The average Bonchev–Trinajstić information content (AvgIpc) is 2.18. The summed E-state index contributed by atoms with van der Waals surface area (Å²) in [4.78, 5) is 15.1. The first-order valence-electron chi connectivity index (χ1n) is 4.65. The molecule has 1 heterocycles. The molecule has 0 fully saturated rings. The molecule has 1 amide bonds. The molecule has 0 radical (unpaired) electrons. The summed E-state index contributed by atoms with van der Waals surface area (Å²) in [6.45, 7) is 0. The molecular formula is C9H13N3O3S2. The van der Waals surface area contributed by atoms with E-state index in [0.717, 1.165) is 18.0 Å². The molecule has 0 unspecified atom stereocenters. The predicted molar refractivity (Wildman–Crippen MR) is 67.6 cm³/mol. The number of anilines is 1. The lowest BCUT2D eigenvalue weighted by atomic mass is 10.2. The molecule has 17 heavy (non-hydrogen) atoms. The lowest BCUT2D eigenvalue weighted by molar-refractivity contribution is 0.0997. The Morgan fingerprint density at radius 1 is 1.53 bits per heavy atom. The lowest BCUT2D eigenvalue weighted by Gasteiger charge is -2.05. The summed E-state index contributed by atoms with van der Waals surface area (Å²) >= 11 is 1.16. The second-order valence-electron chi connectivity index (χ2n) is 3.46. The molecule has 94 valence electrons. The van der Waals surface area contributed by atoms with Gasteiger partial charge in [-0.2, -0.15) is 0 Å². The third-order valence-corrected chi connectivity index (χ3v) is 4.04. The highest BCUT2D eigenvalue weighted by atomic mass is 32.2. The molecule has 0 aliphatic carbocycles. The van der Waals surface area contributed by atoms with Crippen LogP contribution in [-0.4, -0.2) is 37.1 Å². The first-order chi connectivity index (χ1) is 7.79. The van der Waals surface area contributed by atoms with Gasteiger partial charge in [-0.3, -0.25) is 4.79 Å². The molecule has 0 bridgehead atoms. The molecule has 0 spiro atoms. The van der Waals surface area contributed by atoms with Crippen molar-refractivity contribution in [1.29, 1.82) is 0 Å². The maximum atomic E-state index is 11.1. The number of nitrogen functional groups attached to an aromatic ring is 1. The fraction of sp³-hybridized carbons (Fsp3) is 0.333. The summed E-state index contributed by atoms with van der Waals surface area (Å²) in [5.41, 5.74) is 11.2. The topological polar surface area (TPSA) is 116 Å². The lowest BCUT2D eigenvalue weighted by Crippen LogP contribution is -2.14. The predicted octanol–water partition coefficient (Wildman–Crippen LogP) is -0.101. The number of hydrogen-bond acceptors (Lipinski definition) is 6. The van der Waals surface area contributed by atoms with Gasteiger partial charge in [0.1, 0.15) is 14.9 Å². The van der Waals surface area contributed by atoms with E-state index in [1.54, 1.807) is 0 Å². The third-order valence-electron chi connectivity index (χ3n) is 1.83. The highest BCUT2D eigenvalue weighted by Crippen LogP contribution is 2.21. The van der Waals surface area contributed by atoms with E-state index in [1.807, 2.05) is 0 Å². The minimum absolute atomic E-state index is 0.0158. The smallest absolute Gasteiger partial charge is 0.251 e. The molecular weight excluding hydrogens is 262 g/mol. The van der Waals surface area contributed by atoms with Crippen molar-refractivity contribution in [2.75, 3.05) is 23.5 Å². The Morgan fingerprint density at radius 2 is 2.18 bits per heavy atom. The number of carbonyl (C=O) groups is 1. The monoisotopic (exact) mass is 275 g/mol. The zero-order chi connectivity index (χ0) is 13.1. The van der Waals surface area contributed by atoms with Crippen LogP contribution in [0, 0.1) is 0 Å². The van der Waals surface area contributed by atoms with Crippen molar-refractivity contribution < 1.29 is 13.2 Å². The van der Waals surface area contributed by atoms with E-state index in [1.165, 1.54) is 12.3 Å². The highest BCUT2D eigenvalue weighted by molar-refractivity contribution is 8.00. The molecule has 4 N–H and O–H groups in total. The van der Waals surface area contributed by atoms with Crippen molar-refractivity contribution in [3.8, 4) is 0 Å². The molecule has 0 saturated heterocycles. The number of amides is 1. The van der Waals surface area contributed by atoms with Crippen LogP contribution in [0.25, 0.3) is 0 Å². The Bertz CT molecular complexity index is 528. The van der Waals surface area contributed by atoms with Crippen molar-refractivity contribution in [2.24, 2.45) is 5.73 Å². The molecule has 0 saturated carbocycles. The van der Waals surface area contributed by atoms with Crippen molar-refractivity contribution in [2.45, 2.75) is 5.03 Å². The van der Waals surface area contributed by atoms with Crippen molar-refractivity contribution >= 4 is 33.2 Å². The number of nitrogens with two attached hydrogens (primary N) is 2. The summed E-state index contributed by atoms with van der Waals surface area (Å²) in [5.74, 6) is -0.301. The number of aromatic nitrogens is 1. The Balaban J connectivity index is 2.81. The van der Waals surface area contributed by atoms with E-state index < -0.39 is 15.7 Å². The minimum atomic E-state index is -3.03. The van der Waals surface area contributed by atoms with Gasteiger partial charge in [-0.25, -0.2) is 13.4 Å². The SMILES string of the molecule is CS(=O)(=O)CCSc1ncc(N)cc1C(N)=O. The van der Waals surface area contributed by atoms with E-state index in [2.05, 4.69) is 4.98 Å². The van der Waals surface area contributed by atoms with Crippen molar-refractivity contribution in [3.63, 3.8) is 0 Å². The van der Waals surface area contributed by atoms with Crippen LogP contribution < -0.4 is 11.5 Å². The van der Waals surface area contributed by atoms with E-state index in [0.29, 0.717) is 16.5 Å². The Kier molecular flexibility index (Phi) is 4.35. The van der Waals surface area contributed by atoms with E-state index in [-0.39, 0.29) is 11.3 Å². The largest absolute Gasteiger partial charge is 0.397 e. The Hall–Kier alpha value is -1.28. The highest BCUT2D eigenvalue weighted by Gasteiger charge is 2.11. The summed E-state index contributed by atoms with van der Waals surface area (Å²) in [6, 6.07) is 1.43. The van der Waals surface area contributed by atoms with Gasteiger partial charge in [0.15, 0.2) is 0 Å². The van der Waals surface area contributed by atoms with Crippen LogP contribution in [0.1, 0.15) is 10.4 Å². The number of carbonyl (C=O) groups excluding carboxylic acids is 1. The molecule has 0 aliphatic rings. The summed E-state index contributed by atoms with van der Waals surface area (Å²) in [6.07, 6.45) is 2.55. The van der Waals surface area contributed by atoms with Gasteiger partial charge in [0, 0.05) is 12.0 Å². The molecule has 1 aromatic rings. The van der Waals surface area contributed by atoms with Crippen LogP contribution in [0.4, 0.5) is 5.69 Å². The fourth-order valence-corrected chi connectivity index (χ4v) is 3.23. The standard InChI is InChI=1S/C9H13N3O3S2/c1-17(14,15)3-2-16-9-7(8(11)13)4-6(10)5-12-9/h4-5H,2-3,10H2,1H3,(H2,11,13). The van der Waals surface area contributed by atoms with Crippen LogP contribution in [0.2, 0.25) is 0 Å². The second-order valence-corrected chi connectivity index (χ2v) is 6.81. The van der Waals surface area contributed by atoms with E-state index >= 15 is 0 Å². The van der Waals surface area contributed by atoms with Gasteiger partial charge in [0.25, 0.3) is 5.91 Å². The average molecular weight is 275 g/mol. The van der Waals surface area contributed by atoms with Crippen molar-refractivity contribution in [1.82, 2.24) is 4.98 Å². The normalized spacial score (nSPS) is 11.4. The number of nitrogens with zero attached hydrogens (tertiary/aromatic N) is 1. The number of hydrogen-bond donors (Lipinski definition) is 2. The van der Waals surface area contributed by atoms with Crippen LogP contribution in [0.15, 0.2) is 17.3 Å². The van der Waals surface area contributed by atoms with Crippen LogP contribution in [0.5, 0.6) is 0 Å². The molecule has 1 aromatic heterocycles. The van der Waals surface area contributed by atoms with Crippen LogP contribution >= 0.6 is 11.8 Å². The summed E-state index contributed by atoms with van der Waals surface area (Å²) in [5, 5.41) is 0.398. The van der Waals surface area contributed by atoms with Gasteiger partial charge >= 0.3 is 0 Å². The summed E-state index contributed by atoms with van der Waals surface area (Å²) in [7, 11) is -3.03. The first-order valence-corrected chi connectivity index (χ1v) is 7.70. The van der Waals surface area contributed by atoms with Gasteiger partial charge in [-0.05, 0) is 6.07 Å². The number of pyridine rings is 1. The van der Waals surface area contributed by atoms with Crippen LogP contribution in [0.3, 0.4) is 0 Å². The number of rotatable bonds is 5. The van der Waals surface area contributed by atoms with Gasteiger partial charge < -0.3 is 11.5 Å². The molecule has 0 aromatic carbocycles. The zero-order valence-corrected chi connectivity index (χ0v) is 10.8. The van der Waals surface area contributed by atoms with Crippen LogP contribution in [-0.2, 0) is 9.84 Å². The van der Waals surface area contributed by atoms with Gasteiger partial charge in [0.2, 0.25) is 0 Å². The molecule has 0 aliphatic heterocycles. The quantitative estimate of drug-likeness (QED) is 0.725. The maximum Gasteiger partial charge on any atom is 0.251 e. The zero-order valence-electron chi connectivity index (χ0n) is 9.21. The van der Waals surface area contributed by atoms with Gasteiger partial charge in [-0.1, -0.05) is 0 Å². The molecule has 0 atom stereocenters. The molecule has 1 rings (SSSR count). The maximum absolute atomic E-state index is 11.1.